The number of thiophene rings is 1. The molecule has 0 radical (unpaired) electrons. The molecule has 1 N–H and O–H groups in total. The minimum atomic E-state index is -0.434. The van der Waals surface area contributed by atoms with Gasteiger partial charge in [0, 0.05) is 58.4 Å². The first-order chi connectivity index (χ1) is 28.2. The molecular formula is C51H31N3O2S. The number of amidine groups is 2. The highest BCUT2D eigenvalue weighted by Crippen LogP contribution is 2.44. The fourth-order valence-electron chi connectivity index (χ4n) is 8.60. The van der Waals surface area contributed by atoms with Crippen molar-refractivity contribution >= 4 is 87.1 Å². The van der Waals surface area contributed by atoms with Crippen LogP contribution < -0.4 is 5.32 Å². The molecule has 1 aliphatic rings. The Labute approximate surface area is 330 Å². The van der Waals surface area contributed by atoms with Gasteiger partial charge in [0.1, 0.15) is 34.3 Å². The van der Waals surface area contributed by atoms with Crippen molar-refractivity contribution in [1.82, 2.24) is 5.32 Å². The minimum absolute atomic E-state index is 0.434. The van der Waals surface area contributed by atoms with E-state index in [1.165, 1.54) is 20.2 Å². The van der Waals surface area contributed by atoms with E-state index < -0.39 is 6.17 Å². The molecule has 268 valence electrons. The van der Waals surface area contributed by atoms with Crippen molar-refractivity contribution in [2.45, 2.75) is 6.17 Å². The lowest BCUT2D eigenvalue weighted by molar-refractivity contribution is 0.668. The van der Waals surface area contributed by atoms with Crippen LogP contribution in [0, 0.1) is 0 Å². The van der Waals surface area contributed by atoms with Gasteiger partial charge in [-0.25, -0.2) is 9.98 Å². The van der Waals surface area contributed by atoms with Crippen molar-refractivity contribution in [3.8, 4) is 22.3 Å². The molecular weight excluding hydrogens is 719 g/mol. The second-order valence-corrected chi connectivity index (χ2v) is 15.5. The van der Waals surface area contributed by atoms with Gasteiger partial charge in [0.2, 0.25) is 0 Å². The number of para-hydroxylation sites is 2. The summed E-state index contributed by atoms with van der Waals surface area (Å²) in [5.41, 5.74) is 10.6. The van der Waals surface area contributed by atoms with Crippen LogP contribution in [0.2, 0.25) is 0 Å². The van der Waals surface area contributed by atoms with E-state index in [0.29, 0.717) is 5.84 Å². The summed E-state index contributed by atoms with van der Waals surface area (Å²) in [5.74, 6) is 1.39. The average molecular weight is 750 g/mol. The van der Waals surface area contributed by atoms with E-state index in [1.807, 2.05) is 47.7 Å². The predicted molar refractivity (Wildman–Crippen MR) is 237 cm³/mol. The normalized spacial score (nSPS) is 14.5. The number of benzene rings is 8. The Balaban J connectivity index is 1.16. The number of hydrogen-bond acceptors (Lipinski definition) is 6. The predicted octanol–water partition coefficient (Wildman–Crippen LogP) is 13.7. The summed E-state index contributed by atoms with van der Waals surface area (Å²) < 4.78 is 15.4. The van der Waals surface area contributed by atoms with Crippen molar-refractivity contribution in [2.24, 2.45) is 9.98 Å². The maximum atomic E-state index is 6.56. The third-order valence-corrected chi connectivity index (χ3v) is 12.4. The zero-order valence-corrected chi connectivity index (χ0v) is 31.3. The summed E-state index contributed by atoms with van der Waals surface area (Å²) in [4.78, 5) is 11.1. The second kappa shape index (κ2) is 12.6. The van der Waals surface area contributed by atoms with Crippen LogP contribution in [0.3, 0.4) is 0 Å². The molecule has 4 heterocycles. The Kier molecular flexibility index (Phi) is 7.09. The number of rotatable bonds is 5. The van der Waals surface area contributed by atoms with Gasteiger partial charge in [-0.05, 0) is 64.7 Å². The first kappa shape index (κ1) is 32.0. The Bertz CT molecular complexity index is 3460. The summed E-state index contributed by atoms with van der Waals surface area (Å²) in [6.07, 6.45) is -0.434. The van der Waals surface area contributed by atoms with Gasteiger partial charge in [0.25, 0.3) is 0 Å². The van der Waals surface area contributed by atoms with Crippen LogP contribution in [-0.2, 0) is 0 Å². The smallest absolute Gasteiger partial charge is 0.160 e. The molecule has 11 aromatic rings. The number of hydrogen-bond donors (Lipinski definition) is 1. The minimum Gasteiger partial charge on any atom is -0.456 e. The first-order valence-corrected chi connectivity index (χ1v) is 19.9. The molecule has 0 saturated heterocycles. The van der Waals surface area contributed by atoms with Crippen molar-refractivity contribution < 1.29 is 8.83 Å². The zero-order chi connectivity index (χ0) is 37.5. The van der Waals surface area contributed by atoms with Gasteiger partial charge < -0.3 is 14.2 Å². The van der Waals surface area contributed by atoms with E-state index in [-0.39, 0.29) is 0 Å². The van der Waals surface area contributed by atoms with E-state index in [1.54, 1.807) is 0 Å². The Hall–Kier alpha value is -7.28. The molecule has 6 heteroatoms. The van der Waals surface area contributed by atoms with Crippen LogP contribution in [0.4, 0.5) is 0 Å². The number of nitrogens with zero attached hydrogens (tertiary/aromatic N) is 2. The van der Waals surface area contributed by atoms with Crippen LogP contribution in [-0.4, -0.2) is 11.7 Å². The van der Waals surface area contributed by atoms with Crippen LogP contribution in [0.15, 0.2) is 195 Å². The Morgan fingerprint density at radius 3 is 1.95 bits per heavy atom. The third kappa shape index (κ3) is 5.08. The lowest BCUT2D eigenvalue weighted by atomic mass is 9.91. The van der Waals surface area contributed by atoms with Gasteiger partial charge in [-0.15, -0.1) is 11.3 Å². The number of furan rings is 2. The Morgan fingerprint density at radius 2 is 1.11 bits per heavy atom. The van der Waals surface area contributed by atoms with Crippen molar-refractivity contribution in [2.75, 3.05) is 0 Å². The standard InChI is InChI=1S/C51H31N3O2S/c1-2-13-30(14-3-1)31-15-10-16-32(29-31)49-52-50(39-22-11-21-36-33-17-6-9-26-44(33)57-48(36)39)54-51(53-49)47-35(27-28-43-46(47)38-19-5-8-24-41(38)56-43)34-20-12-25-42-45(34)37-18-4-7-23-40(37)55-42/h1-29,50H,(H,52,53,54). The lowest BCUT2D eigenvalue weighted by Gasteiger charge is -2.25. The fourth-order valence-corrected chi connectivity index (χ4v) is 9.84. The van der Waals surface area contributed by atoms with Gasteiger partial charge in [-0.3, -0.25) is 0 Å². The summed E-state index contributed by atoms with van der Waals surface area (Å²) in [6, 6.07) is 61.3. The highest BCUT2D eigenvalue weighted by atomic mass is 32.1. The highest BCUT2D eigenvalue weighted by Gasteiger charge is 2.28. The summed E-state index contributed by atoms with van der Waals surface area (Å²) in [7, 11) is 0. The molecule has 1 aliphatic heterocycles. The highest BCUT2D eigenvalue weighted by molar-refractivity contribution is 7.26. The van der Waals surface area contributed by atoms with Crippen molar-refractivity contribution in [3.63, 3.8) is 0 Å². The molecule has 0 amide bonds. The molecule has 5 nitrogen and oxygen atoms in total. The summed E-state index contributed by atoms with van der Waals surface area (Å²) in [5, 5.41) is 10.4. The number of nitrogens with one attached hydrogen (secondary N) is 1. The zero-order valence-electron chi connectivity index (χ0n) is 30.4. The van der Waals surface area contributed by atoms with Gasteiger partial charge in [0.05, 0.1) is 0 Å². The molecule has 0 aliphatic carbocycles. The first-order valence-electron chi connectivity index (χ1n) is 19.1. The summed E-state index contributed by atoms with van der Waals surface area (Å²) in [6.45, 7) is 0. The van der Waals surface area contributed by atoms with Crippen LogP contribution in [0.1, 0.15) is 22.9 Å². The van der Waals surface area contributed by atoms with Crippen molar-refractivity contribution in [1.29, 1.82) is 0 Å². The molecule has 57 heavy (non-hydrogen) atoms. The topological polar surface area (TPSA) is 63.0 Å². The van der Waals surface area contributed by atoms with E-state index in [4.69, 9.17) is 18.8 Å². The van der Waals surface area contributed by atoms with Gasteiger partial charge in [-0.1, -0.05) is 133 Å². The molecule has 1 atom stereocenters. The Morgan fingerprint density at radius 1 is 0.474 bits per heavy atom. The van der Waals surface area contributed by atoms with E-state index in [2.05, 4.69) is 145 Å². The van der Waals surface area contributed by atoms with Gasteiger partial charge in [-0.2, -0.15) is 0 Å². The van der Waals surface area contributed by atoms with Gasteiger partial charge >= 0.3 is 0 Å². The maximum absolute atomic E-state index is 6.56. The lowest BCUT2D eigenvalue weighted by Crippen LogP contribution is -2.33. The number of fused-ring (bicyclic) bond motifs is 9. The monoisotopic (exact) mass is 749 g/mol. The number of aliphatic imine (C=N–C) groups is 2. The molecule has 0 fully saturated rings. The molecule has 0 spiro atoms. The molecule has 0 bridgehead atoms. The van der Waals surface area contributed by atoms with Crippen LogP contribution in [0.25, 0.3) is 86.3 Å². The van der Waals surface area contributed by atoms with Crippen LogP contribution >= 0.6 is 11.3 Å². The largest absolute Gasteiger partial charge is 0.456 e. The van der Waals surface area contributed by atoms with E-state index >= 15 is 0 Å². The van der Waals surface area contributed by atoms with E-state index in [9.17, 15) is 0 Å². The maximum Gasteiger partial charge on any atom is 0.160 e. The van der Waals surface area contributed by atoms with Crippen LogP contribution in [0.5, 0.6) is 0 Å². The fraction of sp³-hybridized carbons (Fsp3) is 0.0196. The van der Waals surface area contributed by atoms with Crippen molar-refractivity contribution in [3.05, 3.63) is 193 Å². The molecule has 8 aromatic carbocycles. The summed E-state index contributed by atoms with van der Waals surface area (Å²) >= 11 is 1.81. The molecule has 0 saturated carbocycles. The molecule has 1 unspecified atom stereocenters. The quantitative estimate of drug-likeness (QED) is 0.191. The second-order valence-electron chi connectivity index (χ2n) is 14.5. The SMILES string of the molecule is c1ccc(-c2cccc(C3=NC(c4c(-c5cccc6oc7ccccc7c56)ccc5oc6ccccc6c45)=NC(c4cccc5c4sc4ccccc45)N3)c2)cc1. The van der Waals surface area contributed by atoms with E-state index in [0.717, 1.165) is 88.7 Å². The molecule has 3 aromatic heterocycles. The molecule has 12 rings (SSSR count). The average Bonchev–Trinajstić information content (AvgIpc) is 3.98. The van der Waals surface area contributed by atoms with Gasteiger partial charge in [0.15, 0.2) is 5.84 Å². The third-order valence-electron chi connectivity index (χ3n) is 11.2.